The van der Waals surface area contributed by atoms with Crippen molar-refractivity contribution in [2.75, 3.05) is 13.2 Å². The monoisotopic (exact) mass is 328 g/mol. The fourth-order valence-electron chi connectivity index (χ4n) is 1.81. The molecule has 0 aromatic carbocycles. The van der Waals surface area contributed by atoms with Crippen LogP contribution in [0.5, 0.6) is 0 Å². The SMILES string of the molecule is O=C(OC1O[C@H](CO)[C@@H](O)[C@H](O)[C@H]1O)[C@@H](O)[C@H](O)[C@H](O)CO. The van der Waals surface area contributed by atoms with Gasteiger partial charge < -0.3 is 50.3 Å². The summed E-state index contributed by atoms with van der Waals surface area (Å²) in [6.45, 7) is -1.67. The number of aliphatic hydroxyl groups is 8. The van der Waals surface area contributed by atoms with Crippen molar-refractivity contribution in [3.05, 3.63) is 0 Å². The molecule has 11 heteroatoms. The Morgan fingerprint density at radius 3 is 2.14 bits per heavy atom. The molecular formula is C11H20O11. The lowest BCUT2D eigenvalue weighted by molar-refractivity contribution is -0.295. The second-order valence-electron chi connectivity index (χ2n) is 4.82. The van der Waals surface area contributed by atoms with Gasteiger partial charge in [-0.15, -0.1) is 0 Å². The second-order valence-corrected chi connectivity index (χ2v) is 4.82. The molecule has 130 valence electrons. The van der Waals surface area contributed by atoms with Crippen LogP contribution in [0, 0.1) is 0 Å². The molecule has 1 aliphatic heterocycles. The lowest BCUT2D eigenvalue weighted by Crippen LogP contribution is -2.60. The van der Waals surface area contributed by atoms with Gasteiger partial charge in [0.15, 0.2) is 6.10 Å². The first-order valence-electron chi connectivity index (χ1n) is 6.40. The zero-order valence-corrected chi connectivity index (χ0v) is 11.3. The number of hydrogen-bond acceptors (Lipinski definition) is 11. The van der Waals surface area contributed by atoms with Gasteiger partial charge in [0.05, 0.1) is 13.2 Å². The van der Waals surface area contributed by atoms with Gasteiger partial charge in [0, 0.05) is 0 Å². The van der Waals surface area contributed by atoms with E-state index in [1.54, 1.807) is 0 Å². The number of ether oxygens (including phenoxy) is 2. The first-order chi connectivity index (χ1) is 10.2. The van der Waals surface area contributed by atoms with E-state index in [-0.39, 0.29) is 0 Å². The van der Waals surface area contributed by atoms with Crippen LogP contribution in [0.3, 0.4) is 0 Å². The summed E-state index contributed by atoms with van der Waals surface area (Å²) in [4.78, 5) is 11.6. The molecule has 1 fully saturated rings. The Bertz CT molecular complexity index is 362. The van der Waals surface area contributed by atoms with Crippen molar-refractivity contribution < 1.29 is 55.1 Å². The van der Waals surface area contributed by atoms with Gasteiger partial charge >= 0.3 is 5.97 Å². The van der Waals surface area contributed by atoms with Crippen LogP contribution in [-0.2, 0) is 14.3 Å². The quantitative estimate of drug-likeness (QED) is 0.216. The van der Waals surface area contributed by atoms with Crippen molar-refractivity contribution in [3.63, 3.8) is 0 Å². The van der Waals surface area contributed by atoms with Crippen LogP contribution in [0.15, 0.2) is 0 Å². The van der Waals surface area contributed by atoms with Crippen LogP contribution in [0.4, 0.5) is 0 Å². The summed E-state index contributed by atoms with van der Waals surface area (Å²) in [7, 11) is 0. The summed E-state index contributed by atoms with van der Waals surface area (Å²) >= 11 is 0. The molecule has 8 atom stereocenters. The van der Waals surface area contributed by atoms with Crippen LogP contribution >= 0.6 is 0 Å². The highest BCUT2D eigenvalue weighted by Crippen LogP contribution is 2.22. The van der Waals surface area contributed by atoms with Gasteiger partial charge in [-0.25, -0.2) is 4.79 Å². The van der Waals surface area contributed by atoms with Gasteiger partial charge in [-0.1, -0.05) is 0 Å². The van der Waals surface area contributed by atoms with E-state index in [0.717, 1.165) is 0 Å². The lowest BCUT2D eigenvalue weighted by Gasteiger charge is -2.39. The van der Waals surface area contributed by atoms with E-state index < -0.39 is 68.2 Å². The zero-order valence-electron chi connectivity index (χ0n) is 11.3. The number of rotatable bonds is 6. The van der Waals surface area contributed by atoms with E-state index in [4.69, 9.17) is 20.1 Å². The van der Waals surface area contributed by atoms with Crippen molar-refractivity contribution in [3.8, 4) is 0 Å². The van der Waals surface area contributed by atoms with Gasteiger partial charge in [0.2, 0.25) is 6.29 Å². The molecule has 0 radical (unpaired) electrons. The Morgan fingerprint density at radius 1 is 1.05 bits per heavy atom. The van der Waals surface area contributed by atoms with Gasteiger partial charge in [0.1, 0.15) is 36.6 Å². The third-order valence-electron chi connectivity index (χ3n) is 3.23. The number of esters is 1. The minimum Gasteiger partial charge on any atom is -0.431 e. The van der Waals surface area contributed by atoms with E-state index in [0.29, 0.717) is 0 Å². The number of aliphatic hydroxyl groups excluding tert-OH is 8. The summed E-state index contributed by atoms with van der Waals surface area (Å²) in [5.74, 6) is -1.51. The summed E-state index contributed by atoms with van der Waals surface area (Å²) in [5.41, 5.74) is 0. The number of carbonyl (C=O) groups is 1. The molecule has 11 nitrogen and oxygen atoms in total. The van der Waals surface area contributed by atoms with Gasteiger partial charge in [-0.05, 0) is 0 Å². The molecule has 1 heterocycles. The summed E-state index contributed by atoms with van der Waals surface area (Å²) in [5, 5.41) is 74.1. The molecule has 0 aliphatic carbocycles. The first-order valence-corrected chi connectivity index (χ1v) is 6.40. The van der Waals surface area contributed by atoms with Crippen LogP contribution in [0.25, 0.3) is 0 Å². The van der Waals surface area contributed by atoms with Crippen molar-refractivity contribution >= 4 is 5.97 Å². The first kappa shape index (κ1) is 19.2. The Morgan fingerprint density at radius 2 is 1.64 bits per heavy atom. The van der Waals surface area contributed by atoms with E-state index in [9.17, 15) is 30.3 Å². The average molecular weight is 328 g/mol. The Balaban J connectivity index is 2.70. The standard InChI is InChI=1S/C11H20O11/c12-1-3(14)5(15)8(18)10(20)22-11-9(19)7(17)6(16)4(2-13)21-11/h3-9,11-19H,1-2H2/t3-,4-,5-,6-,7+,8+,9-,11?/m1/s1. The molecule has 0 aromatic heterocycles. The Kier molecular flexibility index (Phi) is 7.05. The topological polar surface area (TPSA) is 197 Å². The van der Waals surface area contributed by atoms with E-state index >= 15 is 0 Å². The zero-order chi connectivity index (χ0) is 17.0. The van der Waals surface area contributed by atoms with Crippen molar-refractivity contribution in [1.82, 2.24) is 0 Å². The molecule has 0 aromatic rings. The summed E-state index contributed by atoms with van der Waals surface area (Å²) in [6, 6.07) is 0. The molecule has 0 saturated carbocycles. The summed E-state index contributed by atoms with van der Waals surface area (Å²) < 4.78 is 9.40. The van der Waals surface area contributed by atoms with Crippen LogP contribution < -0.4 is 0 Å². The van der Waals surface area contributed by atoms with E-state index in [1.165, 1.54) is 0 Å². The number of hydrogen-bond donors (Lipinski definition) is 8. The van der Waals surface area contributed by atoms with Crippen molar-refractivity contribution in [2.45, 2.75) is 49.0 Å². The molecule has 0 amide bonds. The third-order valence-corrected chi connectivity index (χ3v) is 3.23. The predicted octanol–water partition coefficient (Wildman–Crippen LogP) is -5.60. The molecule has 1 aliphatic rings. The minimum atomic E-state index is -2.26. The second kappa shape index (κ2) is 8.10. The Hall–Kier alpha value is -0.890. The molecular weight excluding hydrogens is 308 g/mol. The maximum absolute atomic E-state index is 11.6. The molecule has 8 N–H and O–H groups in total. The van der Waals surface area contributed by atoms with Gasteiger partial charge in [0.25, 0.3) is 0 Å². The highest BCUT2D eigenvalue weighted by Gasteiger charge is 2.46. The van der Waals surface area contributed by atoms with Crippen molar-refractivity contribution in [2.24, 2.45) is 0 Å². The smallest absolute Gasteiger partial charge is 0.340 e. The maximum atomic E-state index is 11.6. The fourth-order valence-corrected chi connectivity index (χ4v) is 1.81. The third kappa shape index (κ3) is 4.10. The predicted molar refractivity (Wildman–Crippen MR) is 65.0 cm³/mol. The van der Waals surface area contributed by atoms with Gasteiger partial charge in [-0.2, -0.15) is 0 Å². The average Bonchev–Trinajstić information content (AvgIpc) is 2.52. The van der Waals surface area contributed by atoms with E-state index in [1.807, 2.05) is 0 Å². The highest BCUT2D eigenvalue weighted by atomic mass is 16.7. The van der Waals surface area contributed by atoms with E-state index in [2.05, 4.69) is 4.74 Å². The number of carbonyl (C=O) groups excluding carboxylic acids is 1. The molecule has 0 spiro atoms. The van der Waals surface area contributed by atoms with Crippen LogP contribution in [0.2, 0.25) is 0 Å². The molecule has 0 bridgehead atoms. The maximum Gasteiger partial charge on any atom is 0.340 e. The molecule has 1 saturated heterocycles. The van der Waals surface area contributed by atoms with Crippen molar-refractivity contribution in [1.29, 1.82) is 0 Å². The lowest BCUT2D eigenvalue weighted by atomic mass is 9.99. The van der Waals surface area contributed by atoms with Crippen LogP contribution in [-0.4, -0.2) is 109 Å². The largest absolute Gasteiger partial charge is 0.431 e. The molecule has 1 rings (SSSR count). The Labute approximate surface area is 124 Å². The fraction of sp³-hybridized carbons (Fsp3) is 0.909. The van der Waals surface area contributed by atoms with Crippen LogP contribution in [0.1, 0.15) is 0 Å². The highest BCUT2D eigenvalue weighted by molar-refractivity contribution is 5.75. The van der Waals surface area contributed by atoms with Gasteiger partial charge in [-0.3, -0.25) is 0 Å². The molecule has 22 heavy (non-hydrogen) atoms. The minimum absolute atomic E-state index is 0.743. The normalized spacial score (nSPS) is 36.5. The molecule has 1 unspecified atom stereocenters. The summed E-state index contributed by atoms with van der Waals surface area (Å²) in [6.07, 6.45) is -14.6.